The molecular weight excluding hydrogens is 384 g/mol. The van der Waals surface area contributed by atoms with Crippen molar-refractivity contribution in [3.8, 4) is 0 Å². The lowest BCUT2D eigenvalue weighted by Crippen LogP contribution is -3.00. The molecule has 136 valence electrons. The molecule has 0 amide bonds. The first kappa shape index (κ1) is 21.1. The molecule has 1 heterocycles. The average molecular weight is 409 g/mol. The number of ether oxygens (including phenoxy) is 1. The van der Waals surface area contributed by atoms with Crippen molar-refractivity contribution in [1.29, 1.82) is 0 Å². The highest BCUT2D eigenvalue weighted by Gasteiger charge is 2.20. The van der Waals surface area contributed by atoms with Crippen LogP contribution in [0.25, 0.3) is 0 Å². The Hall–Kier alpha value is -1.95. The van der Waals surface area contributed by atoms with Crippen LogP contribution in [0.15, 0.2) is 30.5 Å². The molecule has 0 radical (unpaired) electrons. The molecule has 0 bridgehead atoms. The zero-order valence-electron chi connectivity index (χ0n) is 15.2. The Morgan fingerprint density at radius 2 is 1.76 bits per heavy atom. The smallest absolute Gasteiger partial charge is 0.331 e. The summed E-state index contributed by atoms with van der Waals surface area (Å²) in [5.74, 6) is -0.187. The fourth-order valence-corrected chi connectivity index (χ4v) is 2.81. The second-order valence-corrected chi connectivity index (χ2v) is 6.00. The minimum Gasteiger partial charge on any atom is -1.00 e. The van der Waals surface area contributed by atoms with E-state index in [-0.39, 0.29) is 41.8 Å². The molecule has 0 saturated carbocycles. The molecule has 0 aliphatic rings. The SMILES string of the molecule is CCOC(=O)Cn1c(C)cc[n+]1CC(=O)Cc1c(C)cccc1C.[Br-]. The van der Waals surface area contributed by atoms with Gasteiger partial charge in [0.2, 0.25) is 12.3 Å². The first-order valence-corrected chi connectivity index (χ1v) is 8.20. The molecule has 0 N–H and O–H groups in total. The van der Waals surface area contributed by atoms with Crippen LogP contribution in [0.3, 0.4) is 0 Å². The summed E-state index contributed by atoms with van der Waals surface area (Å²) in [7, 11) is 0. The van der Waals surface area contributed by atoms with Crippen LogP contribution in [0.4, 0.5) is 0 Å². The van der Waals surface area contributed by atoms with Crippen LogP contribution >= 0.6 is 0 Å². The van der Waals surface area contributed by atoms with Crippen molar-refractivity contribution in [2.45, 2.75) is 47.2 Å². The number of carbonyl (C=O) groups is 2. The van der Waals surface area contributed by atoms with Gasteiger partial charge < -0.3 is 21.7 Å². The van der Waals surface area contributed by atoms with E-state index in [1.165, 1.54) is 0 Å². The third kappa shape index (κ3) is 5.53. The first-order chi connectivity index (χ1) is 11.4. The van der Waals surface area contributed by atoms with Gasteiger partial charge in [-0.2, -0.15) is 0 Å². The number of ketones is 1. The molecule has 0 aliphatic carbocycles. The number of esters is 1. The minimum absolute atomic E-state index is 0. The number of aryl methyl sites for hydroxylation is 3. The van der Waals surface area contributed by atoms with Crippen LogP contribution in [0.2, 0.25) is 0 Å². The summed E-state index contributed by atoms with van der Waals surface area (Å²) in [5, 5.41) is 0. The van der Waals surface area contributed by atoms with Crippen molar-refractivity contribution in [1.82, 2.24) is 4.68 Å². The molecule has 0 saturated heterocycles. The third-order valence-electron chi connectivity index (χ3n) is 4.15. The molecular formula is C19H25BrN2O3. The maximum Gasteiger partial charge on any atom is 0.331 e. The molecule has 0 unspecified atom stereocenters. The van der Waals surface area contributed by atoms with Gasteiger partial charge in [0.15, 0.2) is 12.7 Å². The summed E-state index contributed by atoms with van der Waals surface area (Å²) in [4.78, 5) is 24.2. The Morgan fingerprint density at radius 3 is 2.36 bits per heavy atom. The molecule has 1 aromatic heterocycles. The highest BCUT2D eigenvalue weighted by atomic mass is 79.9. The number of aromatic nitrogens is 2. The van der Waals surface area contributed by atoms with Crippen LogP contribution in [0.5, 0.6) is 0 Å². The highest BCUT2D eigenvalue weighted by molar-refractivity contribution is 5.80. The van der Waals surface area contributed by atoms with Gasteiger partial charge in [0, 0.05) is 12.5 Å². The summed E-state index contributed by atoms with van der Waals surface area (Å²) >= 11 is 0. The van der Waals surface area contributed by atoms with Crippen LogP contribution in [-0.2, 0) is 33.8 Å². The Bertz CT molecular complexity index is 733. The molecule has 2 aromatic rings. The van der Waals surface area contributed by atoms with Crippen LogP contribution in [-0.4, -0.2) is 23.0 Å². The molecule has 0 atom stereocenters. The molecule has 2 rings (SSSR count). The summed E-state index contributed by atoms with van der Waals surface area (Å²) in [6, 6.07) is 7.94. The monoisotopic (exact) mass is 408 g/mol. The third-order valence-corrected chi connectivity index (χ3v) is 4.15. The van der Waals surface area contributed by atoms with Gasteiger partial charge in [0.1, 0.15) is 0 Å². The number of halogens is 1. The van der Waals surface area contributed by atoms with Gasteiger partial charge in [0.05, 0.1) is 12.3 Å². The van der Waals surface area contributed by atoms with Crippen LogP contribution < -0.4 is 21.7 Å². The van der Waals surface area contributed by atoms with Crippen LogP contribution in [0.1, 0.15) is 29.3 Å². The fraction of sp³-hybridized carbons (Fsp3) is 0.421. The van der Waals surface area contributed by atoms with Crippen molar-refractivity contribution < 1.29 is 36.0 Å². The number of nitrogens with zero attached hydrogens (tertiary/aromatic N) is 2. The molecule has 1 aromatic carbocycles. The predicted octanol–water partition coefficient (Wildman–Crippen LogP) is -0.920. The fourth-order valence-electron chi connectivity index (χ4n) is 2.81. The Labute approximate surface area is 159 Å². The van der Waals surface area contributed by atoms with Gasteiger partial charge in [-0.25, -0.2) is 4.79 Å². The molecule has 0 fully saturated rings. The second kappa shape index (κ2) is 9.51. The van der Waals surface area contributed by atoms with Crippen molar-refractivity contribution in [3.05, 3.63) is 52.8 Å². The lowest BCUT2D eigenvalue weighted by atomic mass is 9.98. The zero-order chi connectivity index (χ0) is 17.7. The molecule has 25 heavy (non-hydrogen) atoms. The lowest BCUT2D eigenvalue weighted by Gasteiger charge is -2.08. The molecule has 0 spiro atoms. The Morgan fingerprint density at radius 1 is 1.12 bits per heavy atom. The van der Waals surface area contributed by atoms with E-state index in [2.05, 4.69) is 0 Å². The van der Waals surface area contributed by atoms with Gasteiger partial charge in [0.25, 0.3) is 0 Å². The van der Waals surface area contributed by atoms with Crippen molar-refractivity contribution >= 4 is 11.8 Å². The second-order valence-electron chi connectivity index (χ2n) is 6.00. The average Bonchev–Trinajstić information content (AvgIpc) is 2.84. The van der Waals surface area contributed by atoms with Gasteiger partial charge in [-0.05, 0) is 44.4 Å². The number of rotatable bonds is 7. The lowest BCUT2D eigenvalue weighted by molar-refractivity contribution is -0.763. The highest BCUT2D eigenvalue weighted by Crippen LogP contribution is 2.14. The van der Waals surface area contributed by atoms with Crippen LogP contribution in [0, 0.1) is 20.8 Å². The summed E-state index contributed by atoms with van der Waals surface area (Å²) < 4.78 is 8.56. The Kier molecular flexibility index (Phi) is 8.03. The zero-order valence-corrected chi connectivity index (χ0v) is 16.8. The van der Waals surface area contributed by atoms with Gasteiger partial charge in [-0.15, -0.1) is 9.36 Å². The molecule has 0 aliphatic heterocycles. The van der Waals surface area contributed by atoms with Gasteiger partial charge >= 0.3 is 5.97 Å². The topological polar surface area (TPSA) is 52.2 Å². The van der Waals surface area contributed by atoms with Gasteiger partial charge in [-0.3, -0.25) is 4.79 Å². The molecule has 5 nitrogen and oxygen atoms in total. The Balaban J connectivity index is 0.00000312. The number of hydrogen-bond acceptors (Lipinski definition) is 3. The van der Waals surface area contributed by atoms with E-state index in [4.69, 9.17) is 4.74 Å². The molecule has 6 heteroatoms. The number of carbonyl (C=O) groups excluding carboxylic acids is 2. The van der Waals surface area contributed by atoms with E-state index in [1.807, 2.05) is 51.2 Å². The van der Waals surface area contributed by atoms with Crippen molar-refractivity contribution in [2.24, 2.45) is 0 Å². The predicted molar refractivity (Wildman–Crippen MR) is 90.6 cm³/mol. The first-order valence-electron chi connectivity index (χ1n) is 8.20. The van der Waals surface area contributed by atoms with E-state index in [0.717, 1.165) is 22.4 Å². The minimum atomic E-state index is -0.298. The number of Topliss-reactive ketones (excluding diaryl/α,β-unsaturated/α-hetero) is 1. The summed E-state index contributed by atoms with van der Waals surface area (Å²) in [6.45, 7) is 8.44. The van der Waals surface area contributed by atoms with E-state index in [0.29, 0.717) is 13.0 Å². The maximum atomic E-state index is 12.5. The van der Waals surface area contributed by atoms with Gasteiger partial charge in [-0.1, -0.05) is 18.2 Å². The summed E-state index contributed by atoms with van der Waals surface area (Å²) in [5.41, 5.74) is 4.27. The van der Waals surface area contributed by atoms with Crippen molar-refractivity contribution in [2.75, 3.05) is 6.61 Å². The van der Waals surface area contributed by atoms with Crippen molar-refractivity contribution in [3.63, 3.8) is 0 Å². The number of benzene rings is 1. The normalized spacial score (nSPS) is 10.2. The van der Waals surface area contributed by atoms with E-state index >= 15 is 0 Å². The van der Waals surface area contributed by atoms with E-state index in [1.54, 1.807) is 16.3 Å². The quantitative estimate of drug-likeness (QED) is 0.439. The van der Waals surface area contributed by atoms with E-state index < -0.39 is 0 Å². The maximum absolute atomic E-state index is 12.5. The van der Waals surface area contributed by atoms with E-state index in [9.17, 15) is 9.59 Å². The standard InChI is InChI=1S/C19H25N2O3.BrH/c1-5-24-19(23)13-21-16(4)9-10-20(21)12-17(22)11-18-14(2)7-6-8-15(18)3;/h6-10H,5,11-13H2,1-4H3;1H/q+1;/p-1. The largest absolute Gasteiger partial charge is 1.00 e. The summed E-state index contributed by atoms with van der Waals surface area (Å²) in [6.07, 6.45) is 2.23. The number of hydrogen-bond donors (Lipinski definition) is 0.